The molecule has 0 bridgehead atoms. The molecule has 2 aromatic rings. The minimum Gasteiger partial charge on any atom is -0.289 e. The van der Waals surface area contributed by atoms with Crippen molar-refractivity contribution < 1.29 is 0 Å². The molecule has 0 radical (unpaired) electrons. The lowest BCUT2D eigenvalue weighted by Gasteiger charge is -1.99. The van der Waals surface area contributed by atoms with Crippen LogP contribution in [-0.4, -0.2) is 0 Å². The highest BCUT2D eigenvalue weighted by molar-refractivity contribution is 6.01. The van der Waals surface area contributed by atoms with E-state index in [-0.39, 0.29) is 5.43 Å². The zero-order chi connectivity index (χ0) is 8.17. The molecule has 2 aromatic carbocycles. The Morgan fingerprint density at radius 1 is 1.09 bits per heavy atom. The molecule has 1 nitrogen and oxygen atoms in total. The van der Waals surface area contributed by atoms with E-state index < -0.39 is 0 Å². The lowest BCUT2D eigenvalue weighted by molar-refractivity contribution is 1.31. The first kappa shape index (κ1) is 6.59. The van der Waals surface area contributed by atoms with Crippen molar-refractivity contribution in [2.24, 2.45) is 0 Å². The summed E-state index contributed by atoms with van der Waals surface area (Å²) in [6.07, 6.45) is 0. The fraction of sp³-hybridized carbons (Fsp3) is 0.300. The molecule has 0 aliphatic rings. The molecule has 1 heteroatoms. The molecular formula is C10H10O. The highest BCUT2D eigenvalue weighted by Gasteiger charge is 2.16. The van der Waals surface area contributed by atoms with Gasteiger partial charge in [-0.1, -0.05) is 0 Å². The minimum absolute atomic E-state index is 0.249. The summed E-state index contributed by atoms with van der Waals surface area (Å²) in [5.41, 5.74) is 3.91. The summed E-state index contributed by atoms with van der Waals surface area (Å²) in [6, 6.07) is 1.99. The molecule has 0 saturated heterocycles. The first-order chi connectivity index (χ1) is 5.13. The summed E-state index contributed by atoms with van der Waals surface area (Å²) >= 11 is 0. The van der Waals surface area contributed by atoms with Gasteiger partial charge in [0.15, 0.2) is 5.43 Å². The van der Waals surface area contributed by atoms with Gasteiger partial charge in [-0.2, -0.15) is 0 Å². The molecule has 0 aromatic heterocycles. The van der Waals surface area contributed by atoms with Gasteiger partial charge in [0.2, 0.25) is 0 Å². The van der Waals surface area contributed by atoms with Crippen molar-refractivity contribution in [3.8, 4) is 0 Å². The molecule has 11 heavy (non-hydrogen) atoms. The van der Waals surface area contributed by atoms with E-state index in [1.807, 2.05) is 19.9 Å². The van der Waals surface area contributed by atoms with E-state index in [9.17, 15) is 4.79 Å². The zero-order valence-corrected chi connectivity index (χ0v) is 6.99. The molecular weight excluding hydrogens is 136 g/mol. The van der Waals surface area contributed by atoms with Gasteiger partial charge in [0.25, 0.3) is 0 Å². The van der Waals surface area contributed by atoms with E-state index in [2.05, 4.69) is 6.92 Å². The Morgan fingerprint density at radius 3 is 2.36 bits per heavy atom. The molecule has 0 atom stereocenters. The van der Waals surface area contributed by atoms with Crippen LogP contribution in [0.3, 0.4) is 0 Å². The largest absolute Gasteiger partial charge is 0.289 e. The first-order valence-electron chi connectivity index (χ1n) is 3.78. The SMILES string of the molecule is Cc1cc2c(=O)c2c(C)c1C. The van der Waals surface area contributed by atoms with Crippen LogP contribution >= 0.6 is 0 Å². The van der Waals surface area contributed by atoms with Crippen molar-refractivity contribution in [1.82, 2.24) is 0 Å². The topological polar surface area (TPSA) is 17.1 Å². The lowest BCUT2D eigenvalue weighted by Crippen LogP contribution is -1.81. The fourth-order valence-electron chi connectivity index (χ4n) is 1.50. The maximum absolute atomic E-state index is 11.1. The molecule has 0 fully saturated rings. The molecule has 56 valence electrons. The van der Waals surface area contributed by atoms with Gasteiger partial charge in [-0.05, 0) is 43.5 Å². The maximum atomic E-state index is 11.1. The van der Waals surface area contributed by atoms with Crippen LogP contribution in [0.1, 0.15) is 16.7 Å². The standard InChI is InChI=1S/C10H10O/c1-5-4-8-9(10(8)11)7(3)6(5)2/h4H,1-3H3. The second kappa shape index (κ2) is 1.73. The minimum atomic E-state index is 0.249. The Kier molecular flexibility index (Phi) is 1.04. The summed E-state index contributed by atoms with van der Waals surface area (Å²) in [7, 11) is 0. The van der Waals surface area contributed by atoms with E-state index in [0.29, 0.717) is 0 Å². The Bertz CT molecular complexity index is 442. The second-order valence-electron chi connectivity index (χ2n) is 3.20. The predicted molar refractivity (Wildman–Crippen MR) is 46.8 cm³/mol. The summed E-state index contributed by atoms with van der Waals surface area (Å²) in [5.74, 6) is 0. The van der Waals surface area contributed by atoms with Crippen molar-refractivity contribution >= 4 is 10.8 Å². The van der Waals surface area contributed by atoms with E-state index in [1.165, 1.54) is 16.7 Å². The third-order valence-corrected chi connectivity index (χ3v) is 2.57. The summed E-state index contributed by atoms with van der Waals surface area (Å²) in [5, 5.41) is 1.90. The molecule has 0 amide bonds. The molecule has 0 unspecified atom stereocenters. The van der Waals surface area contributed by atoms with Crippen LogP contribution in [0, 0.1) is 20.8 Å². The number of fused-ring (bicyclic) bond motifs is 1. The molecule has 2 rings (SSSR count). The van der Waals surface area contributed by atoms with Crippen LogP contribution in [0.4, 0.5) is 0 Å². The van der Waals surface area contributed by atoms with Gasteiger partial charge < -0.3 is 0 Å². The zero-order valence-electron chi connectivity index (χ0n) is 6.99. The number of hydrogen-bond donors (Lipinski definition) is 0. The first-order valence-corrected chi connectivity index (χ1v) is 3.78. The van der Waals surface area contributed by atoms with Crippen molar-refractivity contribution in [2.45, 2.75) is 20.8 Å². The van der Waals surface area contributed by atoms with E-state index in [1.54, 1.807) is 0 Å². The van der Waals surface area contributed by atoms with Crippen LogP contribution in [-0.2, 0) is 0 Å². The van der Waals surface area contributed by atoms with Crippen molar-refractivity contribution in [3.63, 3.8) is 0 Å². The number of hydrogen-bond acceptors (Lipinski definition) is 1. The van der Waals surface area contributed by atoms with Gasteiger partial charge in [0, 0.05) is 10.8 Å². The Hall–Kier alpha value is -1.11. The van der Waals surface area contributed by atoms with Gasteiger partial charge >= 0.3 is 0 Å². The van der Waals surface area contributed by atoms with E-state index in [4.69, 9.17) is 0 Å². The highest BCUT2D eigenvalue weighted by Crippen LogP contribution is 2.25. The molecule has 0 spiro atoms. The molecule has 0 N–H and O–H groups in total. The van der Waals surface area contributed by atoms with Crippen molar-refractivity contribution in [2.75, 3.05) is 0 Å². The number of rotatable bonds is 0. The number of benzene rings is 1. The van der Waals surface area contributed by atoms with Gasteiger partial charge in [-0.15, -0.1) is 0 Å². The quantitative estimate of drug-likeness (QED) is 0.555. The molecule has 0 aliphatic heterocycles. The highest BCUT2D eigenvalue weighted by atomic mass is 16.1. The number of aryl methyl sites for hydroxylation is 2. The predicted octanol–water partition coefficient (Wildman–Crippen LogP) is 2.00. The molecule has 0 heterocycles. The molecule has 0 aliphatic carbocycles. The van der Waals surface area contributed by atoms with Crippen LogP contribution in [0.25, 0.3) is 10.8 Å². The Labute approximate surface area is 65.3 Å². The van der Waals surface area contributed by atoms with Crippen molar-refractivity contribution in [3.05, 3.63) is 33.0 Å². The normalized spacial score (nSPS) is 11.5. The van der Waals surface area contributed by atoms with Gasteiger partial charge in [-0.3, -0.25) is 4.79 Å². The maximum Gasteiger partial charge on any atom is 0.194 e. The van der Waals surface area contributed by atoms with E-state index >= 15 is 0 Å². The summed E-state index contributed by atoms with van der Waals surface area (Å²) < 4.78 is 0. The van der Waals surface area contributed by atoms with Gasteiger partial charge in [0.1, 0.15) is 0 Å². The van der Waals surface area contributed by atoms with Gasteiger partial charge in [-0.25, -0.2) is 0 Å². The van der Waals surface area contributed by atoms with Crippen LogP contribution in [0.15, 0.2) is 10.9 Å². The van der Waals surface area contributed by atoms with Crippen LogP contribution in [0.5, 0.6) is 0 Å². The summed E-state index contributed by atoms with van der Waals surface area (Å²) in [6.45, 7) is 6.14. The van der Waals surface area contributed by atoms with Crippen LogP contribution < -0.4 is 5.43 Å². The average Bonchev–Trinajstić information content (AvgIpc) is 2.57. The second-order valence-corrected chi connectivity index (χ2v) is 3.20. The smallest absolute Gasteiger partial charge is 0.194 e. The third kappa shape index (κ3) is 0.681. The van der Waals surface area contributed by atoms with Gasteiger partial charge in [0.05, 0.1) is 0 Å². The Morgan fingerprint density at radius 2 is 1.73 bits per heavy atom. The Balaban J connectivity index is 2.94. The van der Waals surface area contributed by atoms with Crippen LogP contribution in [0.2, 0.25) is 0 Å². The average molecular weight is 146 g/mol. The summed E-state index contributed by atoms with van der Waals surface area (Å²) in [4.78, 5) is 11.1. The van der Waals surface area contributed by atoms with E-state index in [0.717, 1.165) is 10.8 Å². The monoisotopic (exact) mass is 146 g/mol. The molecule has 0 saturated carbocycles. The lowest BCUT2D eigenvalue weighted by atomic mass is 10.1. The fourth-order valence-corrected chi connectivity index (χ4v) is 1.50. The third-order valence-electron chi connectivity index (χ3n) is 2.57. The van der Waals surface area contributed by atoms with Crippen molar-refractivity contribution in [1.29, 1.82) is 0 Å².